The van der Waals surface area contributed by atoms with Gasteiger partial charge in [0.25, 0.3) is 0 Å². The summed E-state index contributed by atoms with van der Waals surface area (Å²) in [7, 11) is 4.00. The first-order valence-corrected chi connectivity index (χ1v) is 6.80. The highest BCUT2D eigenvalue weighted by Crippen LogP contribution is 2.18. The van der Waals surface area contributed by atoms with Crippen molar-refractivity contribution in [2.24, 2.45) is 5.92 Å². The molecule has 0 bridgehead atoms. The van der Waals surface area contributed by atoms with Crippen molar-refractivity contribution in [3.05, 3.63) is 0 Å². The molecule has 2 fully saturated rings. The summed E-state index contributed by atoms with van der Waals surface area (Å²) >= 11 is 0. The van der Waals surface area contributed by atoms with E-state index >= 15 is 0 Å². The van der Waals surface area contributed by atoms with E-state index < -0.39 is 0 Å². The zero-order valence-corrected chi connectivity index (χ0v) is 11.3. The third-order valence-corrected chi connectivity index (χ3v) is 4.15. The van der Waals surface area contributed by atoms with Gasteiger partial charge in [-0.05, 0) is 32.9 Å². The largest absolute Gasteiger partial charge is 0.355 e. The zero-order chi connectivity index (χ0) is 13.1. The van der Waals surface area contributed by atoms with Crippen LogP contribution < -0.4 is 5.32 Å². The third kappa shape index (κ3) is 3.02. The van der Waals surface area contributed by atoms with Crippen molar-refractivity contribution in [1.82, 2.24) is 15.1 Å². The number of likely N-dealkylation sites (N-methyl/N-ethyl adjacent to an activating group) is 2. The first kappa shape index (κ1) is 13.3. The second kappa shape index (κ2) is 5.69. The lowest BCUT2D eigenvalue weighted by Crippen LogP contribution is -2.46. The fourth-order valence-electron chi connectivity index (χ4n) is 2.87. The van der Waals surface area contributed by atoms with Crippen molar-refractivity contribution in [3.63, 3.8) is 0 Å². The molecule has 0 spiro atoms. The van der Waals surface area contributed by atoms with Crippen LogP contribution in [0, 0.1) is 5.92 Å². The van der Waals surface area contributed by atoms with E-state index in [2.05, 4.69) is 17.3 Å². The second-order valence-electron chi connectivity index (χ2n) is 5.54. The van der Waals surface area contributed by atoms with E-state index in [1.54, 1.807) is 0 Å². The fraction of sp³-hybridized carbons (Fsp3) is 0.846. The normalized spacial score (nSPS) is 29.1. The predicted molar refractivity (Wildman–Crippen MR) is 69.0 cm³/mol. The van der Waals surface area contributed by atoms with Gasteiger partial charge in [0.05, 0.1) is 5.92 Å². The van der Waals surface area contributed by atoms with E-state index in [0.29, 0.717) is 25.4 Å². The van der Waals surface area contributed by atoms with Gasteiger partial charge in [-0.2, -0.15) is 0 Å². The van der Waals surface area contributed by atoms with Crippen LogP contribution in [-0.4, -0.2) is 61.4 Å². The Bertz CT molecular complexity index is 322. The van der Waals surface area contributed by atoms with Crippen LogP contribution in [0.3, 0.4) is 0 Å². The van der Waals surface area contributed by atoms with Crippen LogP contribution in [0.15, 0.2) is 0 Å². The van der Waals surface area contributed by atoms with Crippen molar-refractivity contribution in [1.29, 1.82) is 0 Å². The molecule has 2 atom stereocenters. The predicted octanol–water partition coefficient (Wildman–Crippen LogP) is 0.0652. The van der Waals surface area contributed by atoms with Crippen LogP contribution in [0.25, 0.3) is 0 Å². The molecule has 2 amide bonds. The zero-order valence-electron chi connectivity index (χ0n) is 11.3. The smallest absolute Gasteiger partial charge is 0.227 e. The van der Waals surface area contributed by atoms with E-state index in [0.717, 1.165) is 13.1 Å². The molecular weight excluding hydrogens is 230 g/mol. The number of likely N-dealkylation sites (tertiary alicyclic amines) is 1. The monoisotopic (exact) mass is 253 g/mol. The molecule has 0 radical (unpaired) electrons. The summed E-state index contributed by atoms with van der Waals surface area (Å²) in [5, 5.41) is 2.77. The lowest BCUT2D eigenvalue weighted by atomic mass is 9.97. The Hall–Kier alpha value is -1.10. The minimum absolute atomic E-state index is 0.0283. The van der Waals surface area contributed by atoms with Gasteiger partial charge in [0.2, 0.25) is 11.8 Å². The highest BCUT2D eigenvalue weighted by Gasteiger charge is 2.29. The molecule has 2 saturated heterocycles. The molecule has 0 aliphatic carbocycles. The first-order valence-electron chi connectivity index (χ1n) is 6.80. The Morgan fingerprint density at radius 2 is 2.28 bits per heavy atom. The van der Waals surface area contributed by atoms with Crippen molar-refractivity contribution in [2.45, 2.75) is 31.7 Å². The molecular formula is C13H23N3O2. The van der Waals surface area contributed by atoms with Crippen molar-refractivity contribution in [2.75, 3.05) is 33.7 Å². The average Bonchev–Trinajstić information content (AvgIpc) is 2.75. The Morgan fingerprint density at radius 1 is 1.50 bits per heavy atom. The molecule has 2 aliphatic rings. The molecule has 0 saturated carbocycles. The highest BCUT2D eigenvalue weighted by molar-refractivity contribution is 5.83. The van der Waals surface area contributed by atoms with Gasteiger partial charge in [-0.25, -0.2) is 0 Å². The van der Waals surface area contributed by atoms with Gasteiger partial charge < -0.3 is 15.1 Å². The summed E-state index contributed by atoms with van der Waals surface area (Å²) in [6.45, 7) is 2.44. The molecule has 2 aliphatic heterocycles. The van der Waals surface area contributed by atoms with Gasteiger partial charge >= 0.3 is 0 Å². The Morgan fingerprint density at radius 3 is 2.83 bits per heavy atom. The number of nitrogens with zero attached hydrogens (tertiary/aromatic N) is 2. The van der Waals surface area contributed by atoms with Crippen LogP contribution in [0.5, 0.6) is 0 Å². The number of nitrogens with one attached hydrogen (secondary N) is 1. The lowest BCUT2D eigenvalue weighted by Gasteiger charge is -2.30. The summed E-state index contributed by atoms with van der Waals surface area (Å²) in [5.41, 5.74) is 0. The van der Waals surface area contributed by atoms with Gasteiger partial charge in [0.15, 0.2) is 0 Å². The molecule has 2 unspecified atom stereocenters. The molecule has 102 valence electrons. The maximum absolute atomic E-state index is 12.3. The van der Waals surface area contributed by atoms with Crippen LogP contribution >= 0.6 is 0 Å². The van der Waals surface area contributed by atoms with E-state index in [1.165, 1.54) is 12.8 Å². The van der Waals surface area contributed by atoms with E-state index in [4.69, 9.17) is 0 Å². The van der Waals surface area contributed by atoms with E-state index in [9.17, 15) is 9.59 Å². The summed E-state index contributed by atoms with van der Waals surface area (Å²) < 4.78 is 0. The number of hydrogen-bond acceptors (Lipinski definition) is 3. The highest BCUT2D eigenvalue weighted by atomic mass is 16.2. The van der Waals surface area contributed by atoms with Crippen molar-refractivity contribution < 1.29 is 9.59 Å². The summed E-state index contributed by atoms with van der Waals surface area (Å²) in [6, 6.07) is 0.497. The Labute approximate surface area is 108 Å². The average molecular weight is 253 g/mol. The molecule has 2 rings (SSSR count). The molecule has 0 aromatic heterocycles. The SMILES string of the molecule is CN(CC1CCCN1C)C(=O)C1CCC(=O)NC1. The van der Waals surface area contributed by atoms with Crippen molar-refractivity contribution >= 4 is 11.8 Å². The van der Waals surface area contributed by atoms with Gasteiger partial charge in [-0.1, -0.05) is 0 Å². The quantitative estimate of drug-likeness (QED) is 0.774. The molecule has 5 nitrogen and oxygen atoms in total. The maximum Gasteiger partial charge on any atom is 0.227 e. The molecule has 2 heterocycles. The lowest BCUT2D eigenvalue weighted by molar-refractivity contribution is -0.136. The number of piperidine rings is 1. The van der Waals surface area contributed by atoms with Gasteiger partial charge in [0.1, 0.15) is 0 Å². The van der Waals surface area contributed by atoms with Gasteiger partial charge in [-0.3, -0.25) is 9.59 Å². The molecule has 5 heteroatoms. The van der Waals surface area contributed by atoms with Crippen LogP contribution in [0.2, 0.25) is 0 Å². The van der Waals surface area contributed by atoms with Crippen LogP contribution in [0.4, 0.5) is 0 Å². The van der Waals surface area contributed by atoms with Crippen molar-refractivity contribution in [3.8, 4) is 0 Å². The standard InChI is InChI=1S/C13H23N3O2/c1-15-7-3-4-11(15)9-16(2)13(18)10-5-6-12(17)14-8-10/h10-11H,3-9H2,1-2H3,(H,14,17). The number of carbonyl (C=O) groups excluding carboxylic acids is 2. The minimum Gasteiger partial charge on any atom is -0.355 e. The van der Waals surface area contributed by atoms with E-state index in [-0.39, 0.29) is 17.7 Å². The summed E-state index contributed by atoms with van der Waals surface area (Å²) in [4.78, 5) is 27.5. The van der Waals surface area contributed by atoms with Crippen LogP contribution in [-0.2, 0) is 9.59 Å². The number of hydrogen-bond donors (Lipinski definition) is 1. The minimum atomic E-state index is -0.0283. The number of carbonyl (C=O) groups is 2. The third-order valence-electron chi connectivity index (χ3n) is 4.15. The van der Waals surface area contributed by atoms with E-state index in [1.807, 2.05) is 11.9 Å². The Kier molecular flexibility index (Phi) is 4.22. The second-order valence-corrected chi connectivity index (χ2v) is 5.54. The van der Waals surface area contributed by atoms with Gasteiger partial charge in [-0.15, -0.1) is 0 Å². The Balaban J connectivity index is 1.82. The molecule has 18 heavy (non-hydrogen) atoms. The number of amides is 2. The maximum atomic E-state index is 12.3. The topological polar surface area (TPSA) is 52.7 Å². The van der Waals surface area contributed by atoms with Crippen LogP contribution in [0.1, 0.15) is 25.7 Å². The number of rotatable bonds is 3. The van der Waals surface area contributed by atoms with Gasteiger partial charge in [0, 0.05) is 32.6 Å². The molecule has 0 aromatic carbocycles. The summed E-state index contributed by atoms with van der Waals surface area (Å²) in [5.74, 6) is 0.215. The molecule has 0 aromatic rings. The first-order chi connectivity index (χ1) is 8.58. The summed E-state index contributed by atoms with van der Waals surface area (Å²) in [6.07, 6.45) is 3.57. The molecule has 1 N–H and O–H groups in total. The fourth-order valence-corrected chi connectivity index (χ4v) is 2.87.